The summed E-state index contributed by atoms with van der Waals surface area (Å²) in [5, 5.41) is 16.0. The normalized spacial score (nSPS) is 12.5. The summed E-state index contributed by atoms with van der Waals surface area (Å²) < 4.78 is 1.98. The van der Waals surface area contributed by atoms with Gasteiger partial charge in [0.15, 0.2) is 0 Å². The Labute approximate surface area is 126 Å². The van der Waals surface area contributed by atoms with E-state index in [0.29, 0.717) is 4.88 Å². The van der Waals surface area contributed by atoms with Gasteiger partial charge in [-0.25, -0.2) is 0 Å². The number of amides is 1. The number of fused-ring (bicyclic) bond motifs is 1. The summed E-state index contributed by atoms with van der Waals surface area (Å²) in [6.07, 6.45) is 1.19. The zero-order chi connectivity index (χ0) is 14.8. The van der Waals surface area contributed by atoms with Crippen LogP contribution >= 0.6 is 11.3 Å². The molecule has 0 saturated carbocycles. The third kappa shape index (κ3) is 2.70. The van der Waals surface area contributed by atoms with Gasteiger partial charge in [-0.1, -0.05) is 24.3 Å². The van der Waals surface area contributed by atoms with E-state index in [-0.39, 0.29) is 12.5 Å². The molecular formula is C16H16N2O2S. The molecule has 1 aromatic carbocycles. The fourth-order valence-electron chi connectivity index (χ4n) is 2.43. The minimum atomic E-state index is -0.722. The van der Waals surface area contributed by atoms with Gasteiger partial charge in [0.2, 0.25) is 0 Å². The summed E-state index contributed by atoms with van der Waals surface area (Å²) in [5.41, 5.74) is 1.90. The van der Waals surface area contributed by atoms with Gasteiger partial charge in [0.05, 0.1) is 11.0 Å². The molecule has 1 unspecified atom stereocenters. The molecule has 0 aliphatic rings. The molecule has 2 N–H and O–H groups in total. The third-order valence-corrected chi connectivity index (χ3v) is 4.36. The van der Waals surface area contributed by atoms with Gasteiger partial charge in [-0.15, -0.1) is 11.3 Å². The number of nitrogens with zero attached hydrogens (tertiary/aromatic N) is 1. The Bertz CT molecular complexity index is 762. The van der Waals surface area contributed by atoms with E-state index in [1.54, 1.807) is 6.07 Å². The van der Waals surface area contributed by atoms with E-state index in [2.05, 4.69) is 5.32 Å². The van der Waals surface area contributed by atoms with Crippen LogP contribution in [0.2, 0.25) is 0 Å². The second-order valence-corrected chi connectivity index (χ2v) is 5.86. The van der Waals surface area contributed by atoms with E-state index in [4.69, 9.17) is 0 Å². The number of carbonyl (C=O) groups excluding carboxylic acids is 1. The van der Waals surface area contributed by atoms with E-state index in [1.165, 1.54) is 11.3 Å². The van der Waals surface area contributed by atoms with Crippen molar-refractivity contribution in [1.82, 2.24) is 9.88 Å². The maximum Gasteiger partial charge on any atom is 0.261 e. The van der Waals surface area contributed by atoms with Crippen LogP contribution in [0.3, 0.4) is 0 Å². The Morgan fingerprint density at radius 1 is 1.33 bits per heavy atom. The number of aromatic nitrogens is 1. The first-order valence-corrected chi connectivity index (χ1v) is 7.58. The zero-order valence-corrected chi connectivity index (χ0v) is 12.4. The monoisotopic (exact) mass is 300 g/mol. The van der Waals surface area contributed by atoms with Crippen molar-refractivity contribution in [1.29, 1.82) is 0 Å². The lowest BCUT2D eigenvalue weighted by Gasteiger charge is -2.10. The Morgan fingerprint density at radius 3 is 2.90 bits per heavy atom. The second kappa shape index (κ2) is 5.71. The van der Waals surface area contributed by atoms with Gasteiger partial charge < -0.3 is 15.0 Å². The average molecular weight is 300 g/mol. The molecule has 4 nitrogen and oxygen atoms in total. The predicted octanol–water partition coefficient (Wildman–Crippen LogP) is 2.70. The van der Waals surface area contributed by atoms with Gasteiger partial charge in [0, 0.05) is 36.3 Å². The largest absolute Gasteiger partial charge is 0.386 e. The van der Waals surface area contributed by atoms with Gasteiger partial charge in [-0.05, 0) is 17.5 Å². The molecule has 5 heteroatoms. The van der Waals surface area contributed by atoms with Crippen molar-refractivity contribution < 1.29 is 9.90 Å². The fourth-order valence-corrected chi connectivity index (χ4v) is 3.07. The van der Waals surface area contributed by atoms with E-state index < -0.39 is 6.10 Å². The lowest BCUT2D eigenvalue weighted by atomic mass is 10.1. The first kappa shape index (κ1) is 13.9. The van der Waals surface area contributed by atoms with Crippen LogP contribution in [0.4, 0.5) is 0 Å². The molecule has 0 fully saturated rings. The molecular weight excluding hydrogens is 284 g/mol. The topological polar surface area (TPSA) is 54.3 Å². The zero-order valence-electron chi connectivity index (χ0n) is 11.6. The van der Waals surface area contributed by atoms with Crippen LogP contribution in [-0.4, -0.2) is 22.1 Å². The Kier molecular flexibility index (Phi) is 3.77. The Balaban J connectivity index is 1.75. The second-order valence-electron chi connectivity index (χ2n) is 4.92. The Morgan fingerprint density at radius 2 is 2.14 bits per heavy atom. The summed E-state index contributed by atoms with van der Waals surface area (Å²) in [4.78, 5) is 12.5. The van der Waals surface area contributed by atoms with Crippen molar-refractivity contribution in [2.75, 3.05) is 6.54 Å². The summed E-state index contributed by atoms with van der Waals surface area (Å²) in [6.45, 7) is 0.199. The van der Waals surface area contributed by atoms with Crippen molar-refractivity contribution in [3.8, 4) is 0 Å². The lowest BCUT2D eigenvalue weighted by Crippen LogP contribution is -2.27. The fraction of sp³-hybridized carbons (Fsp3) is 0.188. The van der Waals surface area contributed by atoms with Gasteiger partial charge >= 0.3 is 0 Å². The Hall–Kier alpha value is -2.11. The summed E-state index contributed by atoms with van der Waals surface area (Å²) in [6, 6.07) is 11.5. The highest BCUT2D eigenvalue weighted by Gasteiger charge is 2.16. The van der Waals surface area contributed by atoms with E-state index in [1.807, 2.05) is 53.5 Å². The van der Waals surface area contributed by atoms with Crippen molar-refractivity contribution in [2.45, 2.75) is 6.10 Å². The van der Waals surface area contributed by atoms with Crippen LogP contribution in [0.15, 0.2) is 48.0 Å². The molecule has 0 saturated heterocycles. The van der Waals surface area contributed by atoms with E-state index >= 15 is 0 Å². The highest BCUT2D eigenvalue weighted by molar-refractivity contribution is 7.12. The molecule has 2 aromatic heterocycles. The third-order valence-electron chi connectivity index (χ3n) is 3.49. The highest BCUT2D eigenvalue weighted by Crippen LogP contribution is 2.25. The van der Waals surface area contributed by atoms with Gasteiger partial charge in [0.25, 0.3) is 5.91 Å². The molecule has 3 rings (SSSR count). The van der Waals surface area contributed by atoms with Crippen molar-refractivity contribution in [3.63, 3.8) is 0 Å². The number of aryl methyl sites for hydroxylation is 1. The number of carbonyl (C=O) groups is 1. The van der Waals surface area contributed by atoms with E-state index in [0.717, 1.165) is 16.5 Å². The maximum atomic E-state index is 11.9. The summed E-state index contributed by atoms with van der Waals surface area (Å²) in [7, 11) is 1.95. The van der Waals surface area contributed by atoms with Crippen molar-refractivity contribution in [3.05, 3.63) is 58.4 Å². The first-order valence-electron chi connectivity index (χ1n) is 6.70. The minimum absolute atomic E-state index is 0.149. The number of aliphatic hydroxyl groups is 1. The molecule has 108 valence electrons. The molecule has 0 spiro atoms. The molecule has 0 radical (unpaired) electrons. The van der Waals surface area contributed by atoms with E-state index in [9.17, 15) is 9.90 Å². The van der Waals surface area contributed by atoms with Crippen molar-refractivity contribution >= 4 is 28.1 Å². The number of benzene rings is 1. The average Bonchev–Trinajstić information content (AvgIpc) is 3.13. The number of aliphatic hydroxyl groups excluding tert-OH is 1. The number of rotatable bonds is 4. The smallest absolute Gasteiger partial charge is 0.261 e. The number of hydrogen-bond donors (Lipinski definition) is 2. The first-order chi connectivity index (χ1) is 10.2. The highest BCUT2D eigenvalue weighted by atomic mass is 32.1. The number of nitrogens with one attached hydrogen (secondary N) is 1. The number of thiophene rings is 1. The van der Waals surface area contributed by atoms with Crippen LogP contribution in [0, 0.1) is 0 Å². The van der Waals surface area contributed by atoms with Gasteiger partial charge in [-0.3, -0.25) is 4.79 Å². The lowest BCUT2D eigenvalue weighted by molar-refractivity contribution is 0.0921. The molecule has 0 aliphatic heterocycles. The van der Waals surface area contributed by atoms with Crippen LogP contribution in [0.25, 0.3) is 10.9 Å². The maximum absolute atomic E-state index is 11.9. The van der Waals surface area contributed by atoms with Crippen LogP contribution < -0.4 is 5.32 Å². The number of hydrogen-bond acceptors (Lipinski definition) is 3. The van der Waals surface area contributed by atoms with Gasteiger partial charge in [0.1, 0.15) is 0 Å². The number of para-hydroxylation sites is 1. The standard InChI is InChI=1S/C16H16N2O2S/c1-18-10-12(11-5-2-3-6-13(11)18)14(19)9-17-16(20)15-7-4-8-21-15/h2-8,10,14,19H,9H2,1H3,(H,17,20). The molecule has 2 heterocycles. The summed E-state index contributed by atoms with van der Waals surface area (Å²) >= 11 is 1.39. The molecule has 1 amide bonds. The minimum Gasteiger partial charge on any atom is -0.386 e. The van der Waals surface area contributed by atoms with Crippen LogP contribution in [-0.2, 0) is 7.05 Å². The van der Waals surface area contributed by atoms with Crippen molar-refractivity contribution in [2.24, 2.45) is 7.05 Å². The van der Waals surface area contributed by atoms with Crippen LogP contribution in [0.5, 0.6) is 0 Å². The van der Waals surface area contributed by atoms with Gasteiger partial charge in [-0.2, -0.15) is 0 Å². The molecule has 0 bridgehead atoms. The molecule has 0 aliphatic carbocycles. The molecule has 21 heavy (non-hydrogen) atoms. The summed E-state index contributed by atoms with van der Waals surface area (Å²) in [5.74, 6) is -0.149. The van der Waals surface area contributed by atoms with Crippen LogP contribution in [0.1, 0.15) is 21.3 Å². The quantitative estimate of drug-likeness (QED) is 0.778. The molecule has 3 aromatic rings. The predicted molar refractivity (Wildman–Crippen MR) is 84.5 cm³/mol. The molecule has 1 atom stereocenters. The SMILES string of the molecule is Cn1cc(C(O)CNC(=O)c2cccs2)c2ccccc21.